The van der Waals surface area contributed by atoms with Crippen molar-refractivity contribution in [2.45, 2.75) is 25.7 Å². The van der Waals surface area contributed by atoms with Crippen molar-refractivity contribution in [2.75, 3.05) is 0 Å². The number of halogens is 2. The molecule has 11 heteroatoms. The number of aromatic amines is 2. The zero-order valence-electron chi connectivity index (χ0n) is 19.7. The van der Waals surface area contributed by atoms with E-state index in [4.69, 9.17) is 4.98 Å². The number of aryl methyl sites for hydroxylation is 1. The molecule has 3 aromatic rings. The number of rotatable bonds is 6. The molecule has 0 aliphatic carbocycles. The number of aliphatic carboxylic acids is 2. The molecular weight excluding hydrogens is 622 g/mol. The van der Waals surface area contributed by atoms with Gasteiger partial charge in [0.1, 0.15) is 0 Å². The number of nitrogens with one attached hydrogen (secondary N) is 2. The van der Waals surface area contributed by atoms with Crippen LogP contribution in [0.25, 0.3) is 45.9 Å². The zero-order chi connectivity index (χ0) is 23.7. The molecule has 0 spiro atoms. The van der Waals surface area contributed by atoms with E-state index < -0.39 is 11.9 Å². The molecule has 8 nitrogen and oxygen atoms in total. The third-order valence-electron chi connectivity index (χ3n) is 5.68. The van der Waals surface area contributed by atoms with Crippen LogP contribution in [0.5, 0.6) is 0 Å². The van der Waals surface area contributed by atoms with E-state index in [1.54, 1.807) is 0 Å². The zero-order valence-corrected chi connectivity index (χ0v) is 25.4. The fourth-order valence-corrected chi connectivity index (χ4v) is 4.10. The molecule has 0 atom stereocenters. The van der Waals surface area contributed by atoms with Crippen LogP contribution in [0.4, 0.5) is 0 Å². The molecule has 8 bridgehead atoms. The molecule has 192 valence electrons. The average molecular weight is 648 g/mol. The van der Waals surface area contributed by atoms with Gasteiger partial charge in [-0.2, -0.15) is 0 Å². The van der Waals surface area contributed by atoms with Crippen LogP contribution in [-0.4, -0.2) is 66.0 Å². The normalized spacial score (nSPS) is 11.5. The van der Waals surface area contributed by atoms with Gasteiger partial charge in [-0.15, -0.1) is 24.8 Å². The van der Waals surface area contributed by atoms with Gasteiger partial charge in [-0.1, -0.05) is 0 Å². The van der Waals surface area contributed by atoms with Crippen molar-refractivity contribution in [2.24, 2.45) is 0 Å². The monoisotopic (exact) mass is 648 g/mol. The Morgan fingerprint density at radius 1 is 0.730 bits per heavy atom. The van der Waals surface area contributed by atoms with Crippen LogP contribution < -0.4 is 0 Å². The Balaban J connectivity index is 0.00000160. The number of carboxylic acids is 2. The Hall–Kier alpha value is -3.08. The molecule has 2 radical (unpaired) electrons. The summed E-state index contributed by atoms with van der Waals surface area (Å²) in [7, 11) is 0. The fourth-order valence-electron chi connectivity index (χ4n) is 4.10. The Morgan fingerprint density at radius 3 is 1.97 bits per heavy atom. The summed E-state index contributed by atoms with van der Waals surface area (Å²) in [6.45, 7) is 0. The van der Waals surface area contributed by atoms with Crippen LogP contribution in [0, 0.1) is 0 Å². The van der Waals surface area contributed by atoms with Gasteiger partial charge in [-0.05, 0) is 84.7 Å². The van der Waals surface area contributed by atoms with Crippen molar-refractivity contribution < 1.29 is 19.8 Å². The van der Waals surface area contributed by atoms with Crippen LogP contribution in [0.1, 0.15) is 47.6 Å². The summed E-state index contributed by atoms with van der Waals surface area (Å²) >= 11 is 0. The SMILES string of the molecule is Cl.Cl.O=C(O)CCC1=Cc2cc3ccc(cc4nc(cc5cc(CCC(=O)O)c(cc1n2)[nH]5)C=C4)[nH]3.[SnH2]. The fraction of sp³-hybridized carbons (Fsp3) is 0.154. The van der Waals surface area contributed by atoms with Crippen molar-refractivity contribution in [3.63, 3.8) is 0 Å². The molecule has 4 N–H and O–H groups in total. The van der Waals surface area contributed by atoms with Crippen molar-refractivity contribution in [3.8, 4) is 0 Å². The molecule has 0 unspecified atom stereocenters. The Labute approximate surface area is 241 Å². The number of hydrogen-bond acceptors (Lipinski definition) is 4. The van der Waals surface area contributed by atoms with Gasteiger partial charge >= 0.3 is 35.8 Å². The first-order chi connectivity index (χ1) is 16.4. The summed E-state index contributed by atoms with van der Waals surface area (Å²) in [5, 5.41) is 18.4. The van der Waals surface area contributed by atoms with Crippen LogP contribution in [0.2, 0.25) is 0 Å². The van der Waals surface area contributed by atoms with Gasteiger partial charge < -0.3 is 20.2 Å². The number of fused-ring (bicyclic) bond motifs is 8. The van der Waals surface area contributed by atoms with Gasteiger partial charge in [0.15, 0.2) is 0 Å². The summed E-state index contributed by atoms with van der Waals surface area (Å²) in [4.78, 5) is 38.5. The topological polar surface area (TPSA) is 132 Å². The predicted octanol–water partition coefficient (Wildman–Crippen LogP) is 4.84. The van der Waals surface area contributed by atoms with Crippen molar-refractivity contribution >= 4 is 107 Å². The second-order valence-electron chi connectivity index (χ2n) is 8.28. The Bertz CT molecular complexity index is 1540. The van der Waals surface area contributed by atoms with E-state index in [1.165, 1.54) is 0 Å². The Kier molecular flexibility index (Phi) is 10.5. The van der Waals surface area contributed by atoms with Crippen LogP contribution in [-0.2, 0) is 16.0 Å². The van der Waals surface area contributed by atoms with Crippen LogP contribution in [0.3, 0.4) is 0 Å². The van der Waals surface area contributed by atoms with Crippen LogP contribution >= 0.6 is 24.8 Å². The van der Waals surface area contributed by atoms with Crippen LogP contribution in [0.15, 0.2) is 42.5 Å². The molecular formula is C26H26Cl2N4O4Sn. The van der Waals surface area contributed by atoms with Crippen molar-refractivity contribution in [1.82, 2.24) is 19.9 Å². The van der Waals surface area contributed by atoms with Crippen molar-refractivity contribution in [1.29, 1.82) is 0 Å². The van der Waals surface area contributed by atoms with E-state index >= 15 is 0 Å². The standard InChI is InChI=1S/C26H22N4O4.2ClH.Sn.2H/c31-25(32)7-1-15-9-21-12-19-5-3-17(27-19)11-18-4-6-20(28-18)13-22-10-16(2-8-26(33)34)24(30-22)14-23(15)29-21;;;;;/h3-6,9-14,27,30H,1-2,7-8H2,(H,31,32)(H,33,34);2*1H;;;. The number of carboxylic acid groups (broad SMARTS) is 2. The molecule has 3 aromatic heterocycles. The number of aromatic nitrogens is 4. The minimum atomic E-state index is -0.874. The van der Waals surface area contributed by atoms with E-state index in [-0.39, 0.29) is 61.6 Å². The van der Waals surface area contributed by atoms with Gasteiger partial charge in [0, 0.05) is 34.9 Å². The van der Waals surface area contributed by atoms with Gasteiger partial charge in [-0.25, -0.2) is 9.97 Å². The second kappa shape index (κ2) is 12.9. The number of hydrogen-bond donors (Lipinski definition) is 4. The first-order valence-corrected chi connectivity index (χ1v) is 10.9. The summed E-state index contributed by atoms with van der Waals surface area (Å²) in [6.07, 6.45) is 6.46. The maximum absolute atomic E-state index is 11.2. The van der Waals surface area contributed by atoms with Gasteiger partial charge in [0.05, 0.1) is 22.8 Å². The summed E-state index contributed by atoms with van der Waals surface area (Å²) in [6, 6.07) is 13.5. The summed E-state index contributed by atoms with van der Waals surface area (Å²) < 4.78 is 0. The second-order valence-corrected chi connectivity index (χ2v) is 8.28. The molecule has 37 heavy (non-hydrogen) atoms. The molecule has 0 saturated carbocycles. The van der Waals surface area contributed by atoms with Crippen molar-refractivity contribution in [3.05, 3.63) is 70.8 Å². The van der Waals surface area contributed by atoms with E-state index in [0.29, 0.717) is 24.2 Å². The van der Waals surface area contributed by atoms with E-state index in [9.17, 15) is 19.8 Å². The number of nitrogens with zero attached hydrogens (tertiary/aromatic N) is 2. The maximum atomic E-state index is 11.2. The quantitative estimate of drug-likeness (QED) is 0.222. The first-order valence-electron chi connectivity index (χ1n) is 10.9. The van der Waals surface area contributed by atoms with E-state index in [1.807, 2.05) is 60.7 Å². The first kappa shape index (κ1) is 30.1. The average Bonchev–Trinajstić information content (AvgIpc) is 3.55. The molecule has 2 aliphatic heterocycles. The molecule has 5 heterocycles. The number of H-pyrrole nitrogens is 2. The molecule has 5 rings (SSSR count). The molecule has 2 aliphatic rings. The Morgan fingerprint density at radius 2 is 1.32 bits per heavy atom. The van der Waals surface area contributed by atoms with Gasteiger partial charge in [-0.3, -0.25) is 9.59 Å². The third kappa shape index (κ3) is 7.47. The van der Waals surface area contributed by atoms with Gasteiger partial charge in [0.2, 0.25) is 0 Å². The molecule has 0 aromatic carbocycles. The molecule has 0 fully saturated rings. The van der Waals surface area contributed by atoms with E-state index in [0.717, 1.165) is 44.6 Å². The summed E-state index contributed by atoms with van der Waals surface area (Å²) in [5.41, 5.74) is 7.98. The molecule has 0 amide bonds. The minimum absolute atomic E-state index is 0. The number of carbonyl (C=O) groups is 2. The third-order valence-corrected chi connectivity index (χ3v) is 5.68. The number of allylic oxidation sites excluding steroid dienone is 1. The van der Waals surface area contributed by atoms with E-state index in [2.05, 4.69) is 15.0 Å². The molecule has 0 saturated heterocycles. The predicted molar refractivity (Wildman–Crippen MR) is 154 cm³/mol. The summed E-state index contributed by atoms with van der Waals surface area (Å²) in [5.74, 6) is -1.74. The van der Waals surface area contributed by atoms with Gasteiger partial charge in [0.25, 0.3) is 0 Å².